The molecule has 0 radical (unpaired) electrons. The van der Waals surface area contributed by atoms with Gasteiger partial charge in [-0.25, -0.2) is 14.4 Å². The summed E-state index contributed by atoms with van der Waals surface area (Å²) in [5.41, 5.74) is 11.1. The molecule has 6 aromatic carbocycles. The fraction of sp³-hybridized carbons (Fsp3) is 0.435. The summed E-state index contributed by atoms with van der Waals surface area (Å²) in [4.78, 5) is 52.8. The lowest BCUT2D eigenvalue weighted by Gasteiger charge is -2.45. The summed E-state index contributed by atoms with van der Waals surface area (Å²) < 4.78 is 18.2. The molecule has 18 rings (SSSR count). The summed E-state index contributed by atoms with van der Waals surface area (Å²) in [5.74, 6) is 1.60. The number of nitrogens with zero attached hydrogens (tertiary/aromatic N) is 6. The zero-order chi connectivity index (χ0) is 54.7. The lowest BCUT2D eigenvalue weighted by molar-refractivity contribution is -0.0465. The van der Waals surface area contributed by atoms with Crippen LogP contribution in [-0.2, 0) is 33.5 Å². The number of piperidine rings is 9. The summed E-state index contributed by atoms with van der Waals surface area (Å²) >= 11 is 0. The first kappa shape index (κ1) is 53.3. The van der Waals surface area contributed by atoms with Crippen LogP contribution in [0.2, 0.25) is 0 Å². The molecule has 6 bridgehead atoms. The first-order valence-corrected chi connectivity index (χ1v) is 30.4. The predicted molar refractivity (Wildman–Crippen MR) is 314 cm³/mol. The minimum atomic E-state index is -0.155. The van der Waals surface area contributed by atoms with Gasteiger partial charge in [-0.1, -0.05) is 164 Å². The van der Waals surface area contributed by atoms with E-state index in [1.165, 1.54) is 33.4 Å². The molecule has 0 aromatic heterocycles. The van der Waals surface area contributed by atoms with E-state index < -0.39 is 0 Å². The van der Waals surface area contributed by atoms with Crippen LogP contribution >= 0.6 is 0 Å². The van der Waals surface area contributed by atoms with Crippen molar-refractivity contribution in [3.63, 3.8) is 0 Å². The number of fused-ring (bicyclic) bond motifs is 12. The van der Waals surface area contributed by atoms with Crippen molar-refractivity contribution < 1.29 is 28.6 Å². The lowest BCUT2D eigenvalue weighted by atomic mass is 9.86. The molecule has 12 heterocycles. The summed E-state index contributed by atoms with van der Waals surface area (Å²) in [7, 11) is 0. The fourth-order valence-electron chi connectivity index (χ4n) is 15.0. The number of benzene rings is 6. The zero-order valence-corrected chi connectivity index (χ0v) is 46.8. The average molecular weight is 1090 g/mol. The molecule has 3 unspecified atom stereocenters. The Hall–Kier alpha value is -6.99. The maximum absolute atomic E-state index is 13.2. The molecule has 12 heteroatoms. The highest BCUT2D eigenvalue weighted by Gasteiger charge is 2.43. The summed E-state index contributed by atoms with van der Waals surface area (Å²) in [6.45, 7) is 11.7. The Kier molecular flexibility index (Phi) is 15.9. The van der Waals surface area contributed by atoms with Crippen molar-refractivity contribution in [3.05, 3.63) is 214 Å². The largest absolute Gasteiger partial charge is 0.444 e. The highest BCUT2D eigenvalue weighted by atomic mass is 16.6. The zero-order valence-electron chi connectivity index (χ0n) is 46.8. The summed E-state index contributed by atoms with van der Waals surface area (Å²) in [6, 6.07) is 56.3. The third kappa shape index (κ3) is 11.5. The van der Waals surface area contributed by atoms with E-state index >= 15 is 0 Å². The molecule has 0 N–H and O–H groups in total. The Balaban J connectivity index is 0.000000114. The monoisotopic (exact) mass is 1090 g/mol. The SMILES string of the molecule is O=C(OC1CN2CCC1CC2)N1CCc2ccccc2[C@@H]1c1ccccc1.O=C(OC1CN2CCC1CC2)N1CCc2ccccc2[C@H]1c1ccccc1.O=C(OC1CN2CCC1CC2)N1CCc2ccccc2[C@H]1c1ccccc1. The van der Waals surface area contributed by atoms with E-state index in [-0.39, 0.29) is 54.7 Å². The maximum Gasteiger partial charge on any atom is 0.410 e. The van der Waals surface area contributed by atoms with Gasteiger partial charge in [0, 0.05) is 39.3 Å². The second-order valence-electron chi connectivity index (χ2n) is 24.0. The Bertz CT molecular complexity index is 2770. The molecule has 0 aliphatic carbocycles. The molecule has 12 nitrogen and oxygen atoms in total. The van der Waals surface area contributed by atoms with E-state index in [1.807, 2.05) is 69.3 Å². The topological polar surface area (TPSA) is 98.3 Å². The molecule has 6 atom stereocenters. The van der Waals surface area contributed by atoms with Gasteiger partial charge in [-0.05, 0) is 165 Å². The molecule has 12 aliphatic rings. The number of carbonyl (C=O) groups is 3. The molecule has 3 amide bonds. The molecule has 81 heavy (non-hydrogen) atoms. The first-order chi connectivity index (χ1) is 39.9. The molecule has 9 saturated heterocycles. The molecular weight excluding hydrogens is 1010 g/mol. The van der Waals surface area contributed by atoms with Crippen molar-refractivity contribution in [1.29, 1.82) is 0 Å². The number of rotatable bonds is 6. The first-order valence-electron chi connectivity index (χ1n) is 30.4. The number of hydrogen-bond acceptors (Lipinski definition) is 9. The molecule has 9 fully saturated rings. The number of ether oxygens (including phenoxy) is 3. The Morgan fingerprint density at radius 1 is 0.309 bits per heavy atom. The second-order valence-corrected chi connectivity index (χ2v) is 24.0. The summed E-state index contributed by atoms with van der Waals surface area (Å²) in [6.07, 6.45) is 9.27. The van der Waals surface area contributed by atoms with Gasteiger partial charge < -0.3 is 14.2 Å². The fourth-order valence-corrected chi connectivity index (χ4v) is 15.0. The van der Waals surface area contributed by atoms with Gasteiger partial charge in [-0.2, -0.15) is 0 Å². The van der Waals surface area contributed by atoms with Crippen LogP contribution in [0.25, 0.3) is 0 Å². The van der Waals surface area contributed by atoms with Gasteiger partial charge in [-0.3, -0.25) is 29.4 Å². The van der Waals surface area contributed by atoms with Gasteiger partial charge >= 0.3 is 18.3 Å². The van der Waals surface area contributed by atoms with Gasteiger partial charge in [0.1, 0.15) is 18.3 Å². The lowest BCUT2D eigenvalue weighted by Crippen LogP contribution is -2.53. The van der Waals surface area contributed by atoms with Crippen molar-refractivity contribution in [1.82, 2.24) is 29.4 Å². The van der Waals surface area contributed by atoms with E-state index in [1.54, 1.807) is 0 Å². The van der Waals surface area contributed by atoms with E-state index in [0.29, 0.717) is 37.4 Å². The molecule has 0 spiro atoms. The Morgan fingerprint density at radius 3 is 0.802 bits per heavy atom. The highest BCUT2D eigenvalue weighted by molar-refractivity contribution is 5.72. The number of carbonyl (C=O) groups excluding carboxylic acids is 3. The average Bonchev–Trinajstić information content (AvgIpc) is 3.61. The molecule has 0 saturated carbocycles. The van der Waals surface area contributed by atoms with Crippen molar-refractivity contribution in [3.8, 4) is 0 Å². The van der Waals surface area contributed by atoms with Gasteiger partial charge in [0.25, 0.3) is 0 Å². The smallest absolute Gasteiger partial charge is 0.410 e. The number of hydrogen-bond donors (Lipinski definition) is 0. The van der Waals surface area contributed by atoms with Crippen molar-refractivity contribution in [2.24, 2.45) is 17.8 Å². The summed E-state index contributed by atoms with van der Waals surface area (Å²) in [5, 5.41) is 0. The van der Waals surface area contributed by atoms with E-state index in [0.717, 1.165) is 133 Å². The van der Waals surface area contributed by atoms with Crippen molar-refractivity contribution in [2.75, 3.05) is 78.5 Å². The third-order valence-electron chi connectivity index (χ3n) is 19.4. The second kappa shape index (κ2) is 24.2. The van der Waals surface area contributed by atoms with Crippen molar-refractivity contribution in [2.45, 2.75) is 94.2 Å². The van der Waals surface area contributed by atoms with Gasteiger partial charge in [-0.15, -0.1) is 0 Å². The number of amides is 3. The maximum atomic E-state index is 13.2. The van der Waals surface area contributed by atoms with Crippen LogP contribution in [0.3, 0.4) is 0 Å². The van der Waals surface area contributed by atoms with Crippen LogP contribution < -0.4 is 0 Å². The van der Waals surface area contributed by atoms with Crippen LogP contribution in [0, 0.1) is 17.8 Å². The standard InChI is InChI=1S/3C23H26N2O2/c3*26-23(27-21-16-24-13-10-18(21)11-14-24)25-15-12-17-6-4-5-9-20(17)22(25)19-7-2-1-3-8-19/h3*1-9,18,21-22H,10-16H2/t3*21?,22-/m110/s1. The van der Waals surface area contributed by atoms with Gasteiger partial charge in [0.2, 0.25) is 0 Å². The highest BCUT2D eigenvalue weighted by Crippen LogP contribution is 2.41. The van der Waals surface area contributed by atoms with E-state index in [4.69, 9.17) is 14.2 Å². The van der Waals surface area contributed by atoms with Crippen molar-refractivity contribution >= 4 is 18.3 Å². The quantitative estimate of drug-likeness (QED) is 0.151. The van der Waals surface area contributed by atoms with Gasteiger partial charge in [0.15, 0.2) is 0 Å². The van der Waals surface area contributed by atoms with Gasteiger partial charge in [0.05, 0.1) is 18.1 Å². The van der Waals surface area contributed by atoms with Crippen LogP contribution in [0.4, 0.5) is 14.4 Å². The normalized spacial score (nSPS) is 29.3. The third-order valence-corrected chi connectivity index (χ3v) is 19.4. The van der Waals surface area contributed by atoms with E-state index in [2.05, 4.69) is 124 Å². The van der Waals surface area contributed by atoms with Crippen LogP contribution in [0.15, 0.2) is 164 Å². The Labute approximate surface area is 478 Å². The molecule has 6 aromatic rings. The van der Waals surface area contributed by atoms with E-state index in [9.17, 15) is 14.4 Å². The van der Waals surface area contributed by atoms with Crippen LogP contribution in [0.5, 0.6) is 0 Å². The predicted octanol–water partition coefficient (Wildman–Crippen LogP) is 11.6. The minimum absolute atomic E-state index is 0.0496. The van der Waals surface area contributed by atoms with Crippen LogP contribution in [-0.4, -0.2) is 145 Å². The minimum Gasteiger partial charge on any atom is -0.444 e. The van der Waals surface area contributed by atoms with Crippen LogP contribution in [0.1, 0.15) is 107 Å². The molecule has 12 aliphatic heterocycles. The Morgan fingerprint density at radius 2 is 0.556 bits per heavy atom. The molecule has 420 valence electrons. The molecular formula is C69H78N6O6.